The molecule has 3 rings (SSSR count). The lowest BCUT2D eigenvalue weighted by molar-refractivity contribution is 0.147. The zero-order valence-electron chi connectivity index (χ0n) is 14.8. The van der Waals surface area contributed by atoms with Crippen molar-refractivity contribution >= 4 is 29.1 Å². The molecule has 1 aliphatic rings. The van der Waals surface area contributed by atoms with E-state index >= 15 is 0 Å². The second-order valence-electron chi connectivity index (χ2n) is 6.85. The number of anilines is 3. The number of aliphatic hydroxyl groups excluding tert-OH is 1. The van der Waals surface area contributed by atoms with Gasteiger partial charge in [-0.1, -0.05) is 11.6 Å². The molecule has 0 saturated carbocycles. The highest BCUT2D eigenvalue weighted by molar-refractivity contribution is 6.32. The minimum absolute atomic E-state index is 0.0447. The average Bonchev–Trinajstić information content (AvgIpc) is 2.86. The minimum atomic E-state index is -0.556. The van der Waals surface area contributed by atoms with Gasteiger partial charge in [0.15, 0.2) is 5.82 Å². The highest BCUT2D eigenvalue weighted by atomic mass is 35.5. The smallest absolute Gasteiger partial charge is 0.257 e. The Balaban J connectivity index is 2.08. The van der Waals surface area contributed by atoms with Crippen molar-refractivity contribution in [3.63, 3.8) is 0 Å². The maximum atomic E-state index is 9.68. The Labute approximate surface area is 151 Å². The van der Waals surface area contributed by atoms with E-state index in [0.29, 0.717) is 35.0 Å². The first-order chi connectivity index (χ1) is 11.8. The maximum Gasteiger partial charge on any atom is 0.257 e. The highest BCUT2D eigenvalue weighted by Gasteiger charge is 2.28. The molecule has 136 valence electrons. The standard InChI is InChI=1S/C16H23ClN6O2/c1-9-5-6-25-14-12(10(2)23(22-14)16(3,4)8-24)20-15-18-7-11(17)13(19-9)21-15/h7,9,24H,5-6,8H2,1-4H3,(H2,18,19,20,21)/t9-/m1/s1. The molecule has 2 aromatic heterocycles. The van der Waals surface area contributed by atoms with Crippen LogP contribution in [0.3, 0.4) is 0 Å². The molecule has 9 heteroatoms. The number of aliphatic hydroxyl groups is 1. The number of ether oxygens (including phenoxy) is 1. The van der Waals surface area contributed by atoms with Gasteiger partial charge in [0.2, 0.25) is 5.95 Å². The quantitative estimate of drug-likeness (QED) is 0.751. The van der Waals surface area contributed by atoms with E-state index in [1.165, 1.54) is 0 Å². The fraction of sp³-hybridized carbons (Fsp3) is 0.562. The van der Waals surface area contributed by atoms with Crippen LogP contribution < -0.4 is 15.4 Å². The second-order valence-corrected chi connectivity index (χ2v) is 7.25. The second kappa shape index (κ2) is 6.68. The molecule has 0 radical (unpaired) electrons. The topological polar surface area (TPSA) is 97.1 Å². The van der Waals surface area contributed by atoms with Gasteiger partial charge >= 0.3 is 0 Å². The number of halogens is 1. The van der Waals surface area contributed by atoms with Crippen molar-refractivity contribution in [1.29, 1.82) is 0 Å². The van der Waals surface area contributed by atoms with E-state index in [4.69, 9.17) is 16.3 Å². The Morgan fingerprint density at radius 1 is 1.48 bits per heavy atom. The number of fused-ring (bicyclic) bond motifs is 3. The summed E-state index contributed by atoms with van der Waals surface area (Å²) in [5.41, 5.74) is 0.957. The summed E-state index contributed by atoms with van der Waals surface area (Å²) < 4.78 is 7.65. The van der Waals surface area contributed by atoms with Crippen LogP contribution >= 0.6 is 11.6 Å². The molecule has 8 nitrogen and oxygen atoms in total. The Kier molecular flexibility index (Phi) is 4.75. The van der Waals surface area contributed by atoms with Crippen LogP contribution in [0.2, 0.25) is 5.02 Å². The van der Waals surface area contributed by atoms with Crippen molar-refractivity contribution in [2.45, 2.75) is 45.7 Å². The van der Waals surface area contributed by atoms with Gasteiger partial charge in [-0.3, -0.25) is 4.68 Å². The van der Waals surface area contributed by atoms with Gasteiger partial charge < -0.3 is 20.5 Å². The van der Waals surface area contributed by atoms with Crippen molar-refractivity contribution in [2.75, 3.05) is 23.8 Å². The Bertz CT molecular complexity index is 776. The summed E-state index contributed by atoms with van der Waals surface area (Å²) >= 11 is 6.18. The number of nitrogens with one attached hydrogen (secondary N) is 2. The fourth-order valence-electron chi connectivity index (χ4n) is 2.66. The normalized spacial score (nSPS) is 17.6. The lowest BCUT2D eigenvalue weighted by Crippen LogP contribution is -2.32. The van der Waals surface area contributed by atoms with E-state index in [0.717, 1.165) is 12.1 Å². The van der Waals surface area contributed by atoms with Crippen LogP contribution in [0.15, 0.2) is 6.20 Å². The zero-order valence-corrected chi connectivity index (χ0v) is 15.6. The third-order valence-corrected chi connectivity index (χ3v) is 4.47. The van der Waals surface area contributed by atoms with Crippen molar-refractivity contribution < 1.29 is 9.84 Å². The molecule has 0 spiro atoms. The molecule has 3 N–H and O–H groups in total. The zero-order chi connectivity index (χ0) is 18.2. The third kappa shape index (κ3) is 3.50. The van der Waals surface area contributed by atoms with E-state index in [-0.39, 0.29) is 12.6 Å². The lowest BCUT2D eigenvalue weighted by Gasteiger charge is -2.24. The SMILES string of the molecule is Cc1c2c(nn1C(C)(C)CO)OCC[C@@H](C)Nc1nc(ncc1Cl)N2. The Morgan fingerprint density at radius 3 is 2.96 bits per heavy atom. The molecule has 25 heavy (non-hydrogen) atoms. The average molecular weight is 367 g/mol. The van der Waals surface area contributed by atoms with Gasteiger partial charge in [-0.25, -0.2) is 4.98 Å². The molecule has 1 atom stereocenters. The summed E-state index contributed by atoms with van der Waals surface area (Å²) in [6.45, 7) is 8.21. The van der Waals surface area contributed by atoms with Gasteiger partial charge in [0.1, 0.15) is 10.7 Å². The van der Waals surface area contributed by atoms with Crippen molar-refractivity contribution in [3.8, 4) is 5.88 Å². The van der Waals surface area contributed by atoms with Crippen LogP contribution in [-0.2, 0) is 5.54 Å². The van der Waals surface area contributed by atoms with Crippen molar-refractivity contribution in [2.24, 2.45) is 0 Å². The summed E-state index contributed by atoms with van der Waals surface area (Å²) in [5, 5.41) is 21.1. The predicted molar refractivity (Wildman–Crippen MR) is 96.9 cm³/mol. The minimum Gasteiger partial charge on any atom is -0.475 e. The predicted octanol–water partition coefficient (Wildman–Crippen LogP) is 2.69. The first kappa shape index (κ1) is 17.8. The van der Waals surface area contributed by atoms with Crippen LogP contribution in [0, 0.1) is 6.92 Å². The molecule has 0 amide bonds. The molecule has 0 unspecified atom stereocenters. The molecule has 2 bridgehead atoms. The summed E-state index contributed by atoms with van der Waals surface area (Å²) in [6, 6.07) is 0.124. The van der Waals surface area contributed by atoms with Crippen molar-refractivity contribution in [1.82, 2.24) is 19.7 Å². The molecular weight excluding hydrogens is 344 g/mol. The molecule has 0 saturated heterocycles. The van der Waals surface area contributed by atoms with Gasteiger partial charge in [-0.2, -0.15) is 4.98 Å². The number of nitrogens with zero attached hydrogens (tertiary/aromatic N) is 4. The fourth-order valence-corrected chi connectivity index (χ4v) is 2.80. The number of hydrogen-bond donors (Lipinski definition) is 3. The van der Waals surface area contributed by atoms with E-state index in [1.54, 1.807) is 10.9 Å². The first-order valence-corrected chi connectivity index (χ1v) is 8.59. The third-order valence-electron chi connectivity index (χ3n) is 4.20. The van der Waals surface area contributed by atoms with Gasteiger partial charge in [0.05, 0.1) is 30.6 Å². The highest BCUT2D eigenvalue weighted by Crippen LogP contribution is 2.34. The molecule has 0 aliphatic carbocycles. The summed E-state index contributed by atoms with van der Waals surface area (Å²) in [7, 11) is 0. The van der Waals surface area contributed by atoms with Gasteiger partial charge in [-0.15, -0.1) is 5.10 Å². The number of aromatic nitrogens is 4. The van der Waals surface area contributed by atoms with E-state index in [2.05, 4.69) is 25.7 Å². The van der Waals surface area contributed by atoms with Crippen LogP contribution in [0.5, 0.6) is 5.88 Å². The van der Waals surface area contributed by atoms with Crippen LogP contribution in [-0.4, -0.2) is 44.1 Å². The molecule has 2 aromatic rings. The molecule has 0 aromatic carbocycles. The van der Waals surface area contributed by atoms with E-state index < -0.39 is 5.54 Å². The van der Waals surface area contributed by atoms with Gasteiger partial charge in [0, 0.05) is 12.5 Å². The maximum absolute atomic E-state index is 9.68. The molecule has 0 fully saturated rings. The number of rotatable bonds is 2. The largest absolute Gasteiger partial charge is 0.475 e. The summed E-state index contributed by atoms with van der Waals surface area (Å²) in [4.78, 5) is 8.68. The lowest BCUT2D eigenvalue weighted by atomic mass is 10.1. The molecule has 1 aliphatic heterocycles. The monoisotopic (exact) mass is 366 g/mol. The molecular formula is C16H23ClN6O2. The van der Waals surface area contributed by atoms with E-state index in [1.807, 2.05) is 27.7 Å². The van der Waals surface area contributed by atoms with Crippen molar-refractivity contribution in [3.05, 3.63) is 16.9 Å². The van der Waals surface area contributed by atoms with Gasteiger partial charge in [0.25, 0.3) is 5.88 Å². The Morgan fingerprint density at radius 2 is 2.24 bits per heavy atom. The van der Waals surface area contributed by atoms with Crippen LogP contribution in [0.25, 0.3) is 0 Å². The van der Waals surface area contributed by atoms with Crippen LogP contribution in [0.4, 0.5) is 17.5 Å². The molecule has 3 heterocycles. The summed E-state index contributed by atoms with van der Waals surface area (Å²) in [5.74, 6) is 1.44. The van der Waals surface area contributed by atoms with E-state index in [9.17, 15) is 5.11 Å². The summed E-state index contributed by atoms with van der Waals surface area (Å²) in [6.07, 6.45) is 2.31. The van der Waals surface area contributed by atoms with Crippen LogP contribution in [0.1, 0.15) is 32.9 Å². The van der Waals surface area contributed by atoms with Gasteiger partial charge in [-0.05, 0) is 27.7 Å². The Hall–Kier alpha value is -2.06. The number of hydrogen-bond acceptors (Lipinski definition) is 7. The first-order valence-electron chi connectivity index (χ1n) is 8.21.